The van der Waals surface area contributed by atoms with E-state index in [0.29, 0.717) is 41.9 Å². The molecule has 0 radical (unpaired) electrons. The van der Waals surface area contributed by atoms with Gasteiger partial charge in [-0.1, -0.05) is 12.1 Å². The standard InChI is InChI=1S/C31H38F3N6O5P/c1-5-44-46(42,45-6-2)19-20-9-11-24(26(15-20)43-4)37-30-35-16-23(31(32,33)34)28(38-30)36-25-12-10-21(17-40-13-7-8-14-40)22-18-39(3)29(41)27(22)25/h9-12,15-16,42H,5-8,13-14,17-19H2,1-4H3,(H-,35,36,37,38,41)/p+1. The van der Waals surface area contributed by atoms with Crippen LogP contribution in [0.15, 0.2) is 36.5 Å². The Kier molecular flexibility index (Phi) is 10.3. The minimum Gasteiger partial charge on any atom is -0.495 e. The van der Waals surface area contributed by atoms with Crippen LogP contribution in [-0.4, -0.2) is 71.0 Å². The lowest BCUT2D eigenvalue weighted by Crippen LogP contribution is -2.19. The number of methoxy groups -OCH3 is 1. The number of fused-ring (bicyclic) bond motifs is 1. The molecule has 1 saturated heterocycles. The minimum atomic E-state index is -4.76. The second kappa shape index (κ2) is 14.1. The maximum absolute atomic E-state index is 14.1. The topological polar surface area (TPSA) is 121 Å². The van der Waals surface area contributed by atoms with Crippen molar-refractivity contribution in [2.24, 2.45) is 0 Å². The van der Waals surface area contributed by atoms with E-state index in [1.807, 2.05) is 6.07 Å². The highest BCUT2D eigenvalue weighted by Gasteiger charge is 2.40. The Labute approximate surface area is 266 Å². The smallest absolute Gasteiger partial charge is 0.421 e. The highest BCUT2D eigenvalue weighted by atomic mass is 31.2. The summed E-state index contributed by atoms with van der Waals surface area (Å²) in [5.41, 5.74) is 2.36. The molecule has 0 aliphatic carbocycles. The largest absolute Gasteiger partial charge is 0.495 e. The summed E-state index contributed by atoms with van der Waals surface area (Å²) in [7, 11) is -0.0164. The monoisotopic (exact) mass is 663 g/mol. The third-order valence-corrected chi connectivity index (χ3v) is 9.95. The third kappa shape index (κ3) is 7.53. The predicted molar refractivity (Wildman–Crippen MR) is 169 cm³/mol. The quantitative estimate of drug-likeness (QED) is 0.175. The van der Waals surface area contributed by atoms with Gasteiger partial charge in [0.2, 0.25) is 5.95 Å². The molecule has 1 amide bonds. The van der Waals surface area contributed by atoms with Gasteiger partial charge >= 0.3 is 14.1 Å². The molecule has 2 aromatic carbocycles. The van der Waals surface area contributed by atoms with Gasteiger partial charge in [-0.15, -0.1) is 0 Å². The van der Waals surface area contributed by atoms with Gasteiger partial charge in [-0.05, 0) is 69.1 Å². The lowest BCUT2D eigenvalue weighted by molar-refractivity contribution is -0.137. The van der Waals surface area contributed by atoms with E-state index in [0.717, 1.165) is 37.1 Å². The second-order valence-electron chi connectivity index (χ2n) is 11.1. The fourth-order valence-electron chi connectivity index (χ4n) is 5.74. The molecule has 3 aromatic rings. The van der Waals surface area contributed by atoms with Crippen LogP contribution in [0.4, 0.5) is 36.3 Å². The molecule has 3 N–H and O–H groups in total. The summed E-state index contributed by atoms with van der Waals surface area (Å²) in [5.74, 6) is -0.551. The van der Waals surface area contributed by atoms with Gasteiger partial charge in [-0.3, -0.25) is 9.69 Å². The lowest BCUT2D eigenvalue weighted by atomic mass is 10.0. The van der Waals surface area contributed by atoms with E-state index in [-0.39, 0.29) is 36.9 Å². The number of benzene rings is 2. The molecule has 0 atom stereocenters. The van der Waals surface area contributed by atoms with Gasteiger partial charge in [-0.2, -0.15) is 32.1 Å². The first-order valence-corrected chi connectivity index (χ1v) is 16.9. The first-order valence-electron chi connectivity index (χ1n) is 15.1. The summed E-state index contributed by atoms with van der Waals surface area (Å²) in [6.07, 6.45) is -1.71. The zero-order valence-corrected chi connectivity index (χ0v) is 27.2. The van der Waals surface area contributed by atoms with Crippen LogP contribution in [0.2, 0.25) is 0 Å². The summed E-state index contributed by atoms with van der Waals surface area (Å²) in [4.78, 5) is 36.0. The third-order valence-electron chi connectivity index (χ3n) is 7.86. The number of carbonyl (C=O) groups excluding carboxylic acids is 1. The maximum Gasteiger partial charge on any atom is 0.421 e. The number of ether oxygens (including phenoxy) is 1. The molecular weight excluding hydrogens is 624 g/mol. The fraction of sp³-hybridized carbons (Fsp3) is 0.452. The summed E-state index contributed by atoms with van der Waals surface area (Å²) in [5, 5.41) is 5.74. The number of anilines is 4. The first kappa shape index (κ1) is 33.8. The van der Waals surface area contributed by atoms with E-state index in [1.165, 1.54) is 7.11 Å². The van der Waals surface area contributed by atoms with Gasteiger partial charge in [0.15, 0.2) is 6.16 Å². The molecule has 11 nitrogen and oxygen atoms in total. The molecule has 3 heterocycles. The van der Waals surface area contributed by atoms with Crippen molar-refractivity contribution in [3.05, 3.63) is 64.3 Å². The van der Waals surface area contributed by atoms with Crippen molar-refractivity contribution < 1.29 is 36.6 Å². The molecule has 2 aliphatic heterocycles. The summed E-state index contributed by atoms with van der Waals surface area (Å²) < 4.78 is 58.9. The zero-order valence-electron chi connectivity index (χ0n) is 26.3. The summed E-state index contributed by atoms with van der Waals surface area (Å²) >= 11 is 0. The molecule has 248 valence electrons. The number of likely N-dealkylation sites (tertiary alicyclic amines) is 1. The molecule has 15 heteroatoms. The summed E-state index contributed by atoms with van der Waals surface area (Å²) in [6, 6.07) is 8.54. The SMILES string of the molecule is CCO[P+](O)(Cc1ccc(Nc2ncc(C(F)(F)F)c(Nc3ccc(CN4CCCC4)c4c3C(=O)N(C)C4)n2)c(OC)c1)OCC. The van der Waals surface area contributed by atoms with Crippen LogP contribution < -0.4 is 15.4 Å². The van der Waals surface area contributed by atoms with Crippen molar-refractivity contribution >= 4 is 37.0 Å². The Morgan fingerprint density at radius 3 is 2.39 bits per heavy atom. The molecule has 0 bridgehead atoms. The Bertz CT molecular complexity index is 1560. The second-order valence-corrected chi connectivity index (χ2v) is 13.2. The normalized spacial score (nSPS) is 15.4. The van der Waals surface area contributed by atoms with Crippen LogP contribution in [0.25, 0.3) is 0 Å². The van der Waals surface area contributed by atoms with Crippen LogP contribution in [0.1, 0.15) is 59.3 Å². The number of nitrogens with zero attached hydrogens (tertiary/aromatic N) is 4. The van der Waals surface area contributed by atoms with Gasteiger partial charge in [0.05, 0.1) is 37.3 Å². The van der Waals surface area contributed by atoms with Crippen molar-refractivity contribution in [3.63, 3.8) is 0 Å². The van der Waals surface area contributed by atoms with E-state index in [9.17, 15) is 22.9 Å². The van der Waals surface area contributed by atoms with Gasteiger partial charge < -0.3 is 20.3 Å². The number of amides is 1. The van der Waals surface area contributed by atoms with Crippen LogP contribution in [0.3, 0.4) is 0 Å². The van der Waals surface area contributed by atoms with Crippen molar-refractivity contribution in [2.75, 3.05) is 51.1 Å². The molecule has 0 unspecified atom stereocenters. The molecule has 1 aromatic heterocycles. The molecule has 5 rings (SSSR count). The fourth-order valence-corrected chi connectivity index (χ4v) is 7.46. The van der Waals surface area contributed by atoms with Crippen LogP contribution in [0, 0.1) is 0 Å². The van der Waals surface area contributed by atoms with E-state index in [2.05, 4.69) is 25.5 Å². The Morgan fingerprint density at radius 1 is 1.04 bits per heavy atom. The van der Waals surface area contributed by atoms with Crippen molar-refractivity contribution in [2.45, 2.75) is 52.1 Å². The maximum atomic E-state index is 14.1. The Balaban J connectivity index is 1.45. The highest BCUT2D eigenvalue weighted by molar-refractivity contribution is 7.59. The number of rotatable bonds is 13. The van der Waals surface area contributed by atoms with Crippen molar-refractivity contribution in [3.8, 4) is 5.75 Å². The lowest BCUT2D eigenvalue weighted by Gasteiger charge is -2.20. The molecule has 0 saturated carbocycles. The number of carbonyl (C=O) groups is 1. The van der Waals surface area contributed by atoms with E-state index in [4.69, 9.17) is 13.8 Å². The van der Waals surface area contributed by atoms with Crippen molar-refractivity contribution in [1.29, 1.82) is 0 Å². The zero-order chi connectivity index (χ0) is 33.1. The van der Waals surface area contributed by atoms with Crippen LogP contribution >= 0.6 is 7.94 Å². The van der Waals surface area contributed by atoms with Gasteiger partial charge in [0.1, 0.15) is 17.1 Å². The first-order chi connectivity index (χ1) is 21.9. The number of alkyl halides is 3. The number of hydrogen-bond donors (Lipinski definition) is 3. The van der Waals surface area contributed by atoms with Crippen LogP contribution in [0.5, 0.6) is 5.75 Å². The van der Waals surface area contributed by atoms with Gasteiger partial charge in [-0.25, -0.2) is 4.98 Å². The Morgan fingerprint density at radius 2 is 1.74 bits per heavy atom. The average molecular weight is 664 g/mol. The number of hydrogen-bond acceptors (Lipinski definition) is 10. The van der Waals surface area contributed by atoms with E-state index < -0.39 is 25.5 Å². The molecular formula is C31H39F3N6O5P+. The predicted octanol–water partition coefficient (Wildman–Crippen LogP) is 6.50. The molecule has 2 aliphatic rings. The minimum absolute atomic E-state index is 0.116. The number of halogens is 3. The molecule has 1 fully saturated rings. The van der Waals surface area contributed by atoms with E-state index >= 15 is 0 Å². The molecule has 0 spiro atoms. The number of aromatic nitrogens is 2. The molecule has 46 heavy (non-hydrogen) atoms. The highest BCUT2D eigenvalue weighted by Crippen LogP contribution is 2.59. The number of nitrogens with one attached hydrogen (secondary N) is 2. The van der Waals surface area contributed by atoms with Gasteiger partial charge in [0.25, 0.3) is 5.91 Å². The summed E-state index contributed by atoms with van der Waals surface area (Å²) in [6.45, 7) is 7.08. The Hall–Kier alpha value is -3.55. The van der Waals surface area contributed by atoms with E-state index in [1.54, 1.807) is 50.1 Å². The average Bonchev–Trinajstić information content (AvgIpc) is 3.62. The van der Waals surface area contributed by atoms with Gasteiger partial charge in [0, 0.05) is 31.9 Å². The van der Waals surface area contributed by atoms with Crippen molar-refractivity contribution in [1.82, 2.24) is 19.8 Å². The van der Waals surface area contributed by atoms with Crippen LogP contribution in [-0.2, 0) is 34.5 Å².